The summed E-state index contributed by atoms with van der Waals surface area (Å²) in [6.07, 6.45) is 0.913. The molecule has 0 saturated carbocycles. The topological polar surface area (TPSA) is 82.1 Å². The van der Waals surface area contributed by atoms with E-state index in [0.29, 0.717) is 43.3 Å². The Balaban J connectivity index is 1.76. The Morgan fingerprint density at radius 1 is 0.733 bits per heavy atom. The highest BCUT2D eigenvalue weighted by Gasteiger charge is 2.30. The van der Waals surface area contributed by atoms with Gasteiger partial charge in [0.1, 0.15) is 17.2 Å². The number of carboxylic acid groups (broad SMARTS) is 1. The van der Waals surface area contributed by atoms with Crippen LogP contribution in [-0.4, -0.2) is 30.3 Å². The van der Waals surface area contributed by atoms with E-state index >= 15 is 0 Å². The molecule has 6 heteroatoms. The van der Waals surface area contributed by atoms with E-state index in [1.54, 1.807) is 50.2 Å². The highest BCUT2D eigenvalue weighted by molar-refractivity contribution is 5.78. The first-order valence-corrected chi connectivity index (χ1v) is 9.96. The van der Waals surface area contributed by atoms with Gasteiger partial charge in [-0.2, -0.15) is 0 Å². The number of carbonyl (C=O) groups excluding carboxylic acids is 1. The van der Waals surface area contributed by atoms with Crippen molar-refractivity contribution >= 4 is 11.9 Å². The Morgan fingerprint density at radius 2 is 1.20 bits per heavy atom. The van der Waals surface area contributed by atoms with Crippen LogP contribution in [0, 0.1) is 10.8 Å². The highest BCUT2D eigenvalue weighted by Crippen LogP contribution is 2.26. The SMILES string of the molecule is CC(C)(CCOc1ccc(OCCC(C)(C)C(=O)Oc2ccccc2)cc1)C(=O)O. The number of aliphatic carboxylic acids is 1. The van der Waals surface area contributed by atoms with Crippen molar-refractivity contribution in [2.75, 3.05) is 13.2 Å². The first-order chi connectivity index (χ1) is 14.1. The second-order valence-corrected chi connectivity index (χ2v) is 8.44. The first kappa shape index (κ1) is 23.3. The fourth-order valence-corrected chi connectivity index (χ4v) is 2.42. The molecular weight excluding hydrogens is 384 g/mol. The Hall–Kier alpha value is -3.02. The Bertz CT molecular complexity index is 825. The Morgan fingerprint density at radius 3 is 1.67 bits per heavy atom. The monoisotopic (exact) mass is 414 g/mol. The molecule has 2 aromatic carbocycles. The summed E-state index contributed by atoms with van der Waals surface area (Å²) in [6, 6.07) is 16.1. The molecule has 0 aliphatic heterocycles. The van der Waals surface area contributed by atoms with E-state index in [0.717, 1.165) is 0 Å². The van der Waals surface area contributed by atoms with Crippen LogP contribution < -0.4 is 14.2 Å². The van der Waals surface area contributed by atoms with E-state index in [1.165, 1.54) is 0 Å². The average Bonchev–Trinajstić information content (AvgIpc) is 2.69. The number of hydrogen-bond acceptors (Lipinski definition) is 5. The molecule has 0 radical (unpaired) electrons. The molecule has 2 rings (SSSR count). The summed E-state index contributed by atoms with van der Waals surface area (Å²) >= 11 is 0. The molecule has 0 atom stereocenters. The molecule has 0 spiro atoms. The zero-order chi connectivity index (χ0) is 22.2. The van der Waals surface area contributed by atoms with Gasteiger partial charge in [-0.1, -0.05) is 18.2 Å². The van der Waals surface area contributed by atoms with Crippen molar-refractivity contribution in [2.24, 2.45) is 10.8 Å². The zero-order valence-electron chi connectivity index (χ0n) is 18.0. The van der Waals surface area contributed by atoms with E-state index in [9.17, 15) is 9.59 Å². The number of para-hydroxylation sites is 1. The average molecular weight is 414 g/mol. The molecule has 1 N–H and O–H groups in total. The van der Waals surface area contributed by atoms with Crippen LogP contribution in [0.3, 0.4) is 0 Å². The molecule has 0 aromatic heterocycles. The van der Waals surface area contributed by atoms with Gasteiger partial charge in [0.15, 0.2) is 0 Å². The van der Waals surface area contributed by atoms with Crippen molar-refractivity contribution in [2.45, 2.75) is 40.5 Å². The predicted molar refractivity (Wildman–Crippen MR) is 114 cm³/mol. The fraction of sp³-hybridized carbons (Fsp3) is 0.417. The van der Waals surface area contributed by atoms with Crippen molar-refractivity contribution in [3.63, 3.8) is 0 Å². The largest absolute Gasteiger partial charge is 0.494 e. The van der Waals surface area contributed by atoms with E-state index < -0.39 is 16.8 Å². The van der Waals surface area contributed by atoms with Crippen molar-refractivity contribution < 1.29 is 28.9 Å². The molecule has 0 unspecified atom stereocenters. The first-order valence-electron chi connectivity index (χ1n) is 9.96. The second-order valence-electron chi connectivity index (χ2n) is 8.44. The molecule has 0 amide bonds. The molecule has 0 bridgehead atoms. The summed E-state index contributed by atoms with van der Waals surface area (Å²) in [5, 5.41) is 9.12. The van der Waals surface area contributed by atoms with Gasteiger partial charge in [0.25, 0.3) is 0 Å². The predicted octanol–water partition coefficient (Wildman–Crippen LogP) is 4.97. The lowest BCUT2D eigenvalue weighted by molar-refractivity contribution is -0.147. The van der Waals surface area contributed by atoms with Gasteiger partial charge in [-0.25, -0.2) is 0 Å². The second kappa shape index (κ2) is 10.1. The van der Waals surface area contributed by atoms with Gasteiger partial charge in [0, 0.05) is 0 Å². The summed E-state index contributed by atoms with van der Waals surface area (Å²) in [4.78, 5) is 23.5. The van der Waals surface area contributed by atoms with Crippen LogP contribution in [0.1, 0.15) is 40.5 Å². The van der Waals surface area contributed by atoms with Crippen LogP contribution in [0.2, 0.25) is 0 Å². The molecule has 30 heavy (non-hydrogen) atoms. The number of carbonyl (C=O) groups is 2. The van der Waals surface area contributed by atoms with Gasteiger partial charge in [-0.3, -0.25) is 9.59 Å². The van der Waals surface area contributed by atoms with Crippen molar-refractivity contribution in [1.82, 2.24) is 0 Å². The molecule has 6 nitrogen and oxygen atoms in total. The number of esters is 1. The number of rotatable bonds is 11. The Kier molecular flexibility index (Phi) is 7.86. The van der Waals surface area contributed by atoms with Crippen LogP contribution in [0.5, 0.6) is 17.2 Å². The smallest absolute Gasteiger partial charge is 0.317 e. The van der Waals surface area contributed by atoms with E-state index in [-0.39, 0.29) is 5.97 Å². The van der Waals surface area contributed by atoms with Gasteiger partial charge in [0.05, 0.1) is 24.0 Å². The molecular formula is C24H30O6. The Labute approximate surface area is 177 Å². The maximum absolute atomic E-state index is 12.4. The third-order valence-electron chi connectivity index (χ3n) is 4.90. The normalized spacial score (nSPS) is 11.6. The molecule has 0 fully saturated rings. The maximum Gasteiger partial charge on any atom is 0.317 e. The van der Waals surface area contributed by atoms with Crippen LogP contribution in [-0.2, 0) is 9.59 Å². The molecule has 0 heterocycles. The molecule has 0 aliphatic rings. The summed E-state index contributed by atoms with van der Waals surface area (Å²) < 4.78 is 16.8. The van der Waals surface area contributed by atoms with E-state index in [1.807, 2.05) is 32.0 Å². The summed E-state index contributed by atoms with van der Waals surface area (Å²) in [6.45, 7) is 7.69. The van der Waals surface area contributed by atoms with Crippen LogP contribution in [0.15, 0.2) is 54.6 Å². The van der Waals surface area contributed by atoms with E-state index in [4.69, 9.17) is 19.3 Å². The summed E-state index contributed by atoms with van der Waals surface area (Å²) in [5.74, 6) is 0.699. The van der Waals surface area contributed by atoms with Crippen LogP contribution >= 0.6 is 0 Å². The summed E-state index contributed by atoms with van der Waals surface area (Å²) in [7, 11) is 0. The van der Waals surface area contributed by atoms with Gasteiger partial charge < -0.3 is 19.3 Å². The number of ether oxygens (including phenoxy) is 3. The lowest BCUT2D eigenvalue weighted by atomic mass is 9.90. The van der Waals surface area contributed by atoms with Crippen molar-refractivity contribution in [3.8, 4) is 17.2 Å². The quantitative estimate of drug-likeness (QED) is 0.413. The number of carboxylic acids is 1. The lowest BCUT2D eigenvalue weighted by Gasteiger charge is -2.22. The van der Waals surface area contributed by atoms with Gasteiger partial charge in [-0.05, 0) is 76.9 Å². The molecule has 0 aliphatic carbocycles. The highest BCUT2D eigenvalue weighted by atomic mass is 16.5. The third kappa shape index (κ3) is 7.10. The van der Waals surface area contributed by atoms with Gasteiger partial charge >= 0.3 is 11.9 Å². The molecule has 0 saturated heterocycles. The zero-order valence-corrected chi connectivity index (χ0v) is 18.0. The van der Waals surface area contributed by atoms with Gasteiger partial charge in [0.2, 0.25) is 0 Å². The summed E-state index contributed by atoms with van der Waals surface area (Å²) in [5.41, 5.74) is -1.51. The number of hydrogen-bond donors (Lipinski definition) is 1. The van der Waals surface area contributed by atoms with Crippen LogP contribution in [0.4, 0.5) is 0 Å². The standard InChI is InChI=1S/C24H30O6/c1-23(2,21(25)26)14-16-28-18-10-12-19(13-11-18)29-17-15-24(3,4)22(27)30-20-8-6-5-7-9-20/h5-13H,14-17H2,1-4H3,(H,25,26). The minimum Gasteiger partial charge on any atom is -0.494 e. The fourth-order valence-electron chi connectivity index (χ4n) is 2.42. The molecule has 2 aromatic rings. The minimum atomic E-state index is -0.842. The van der Waals surface area contributed by atoms with Gasteiger partial charge in [-0.15, -0.1) is 0 Å². The number of benzene rings is 2. The maximum atomic E-state index is 12.4. The van der Waals surface area contributed by atoms with Crippen molar-refractivity contribution in [3.05, 3.63) is 54.6 Å². The van der Waals surface area contributed by atoms with Crippen LogP contribution in [0.25, 0.3) is 0 Å². The lowest BCUT2D eigenvalue weighted by Crippen LogP contribution is -2.30. The van der Waals surface area contributed by atoms with Crippen molar-refractivity contribution in [1.29, 1.82) is 0 Å². The molecule has 162 valence electrons. The van der Waals surface area contributed by atoms with E-state index in [2.05, 4.69) is 0 Å². The minimum absolute atomic E-state index is 0.301. The third-order valence-corrected chi connectivity index (χ3v) is 4.90.